The van der Waals surface area contributed by atoms with E-state index in [1.807, 2.05) is 31.9 Å². The topological polar surface area (TPSA) is 32.3 Å². The van der Waals surface area contributed by atoms with E-state index in [-0.39, 0.29) is 29.7 Å². The lowest BCUT2D eigenvalue weighted by Gasteiger charge is -2.32. The molecule has 0 radical (unpaired) electrons. The van der Waals surface area contributed by atoms with Crippen molar-refractivity contribution >= 4 is 5.91 Å². The minimum Gasteiger partial charge on any atom is -0.333 e. The molecule has 1 aliphatic rings. The molecular formula is C16H23FN2O. The SMILES string of the molecule is CNC[C@H](C)C(=O)N(C1CC1)[C@H](C)c1ccccc1F. The van der Waals surface area contributed by atoms with E-state index in [0.717, 1.165) is 12.8 Å². The van der Waals surface area contributed by atoms with Crippen LogP contribution in [0.3, 0.4) is 0 Å². The maximum Gasteiger partial charge on any atom is 0.227 e. The molecule has 20 heavy (non-hydrogen) atoms. The number of nitrogens with zero attached hydrogens (tertiary/aromatic N) is 1. The van der Waals surface area contributed by atoms with Gasteiger partial charge in [0, 0.05) is 24.1 Å². The number of nitrogens with one attached hydrogen (secondary N) is 1. The Morgan fingerprint density at radius 1 is 1.40 bits per heavy atom. The molecule has 1 aliphatic carbocycles. The van der Waals surface area contributed by atoms with E-state index in [2.05, 4.69) is 5.32 Å². The monoisotopic (exact) mass is 278 g/mol. The highest BCUT2D eigenvalue weighted by Gasteiger charge is 2.38. The Balaban J connectivity index is 2.20. The molecule has 1 saturated carbocycles. The van der Waals surface area contributed by atoms with Gasteiger partial charge in [0.1, 0.15) is 5.82 Å². The van der Waals surface area contributed by atoms with Crippen LogP contribution < -0.4 is 5.32 Å². The van der Waals surface area contributed by atoms with Gasteiger partial charge in [0.25, 0.3) is 0 Å². The molecule has 1 aromatic carbocycles. The minimum atomic E-state index is -0.236. The first kappa shape index (κ1) is 15.0. The smallest absolute Gasteiger partial charge is 0.227 e. The molecule has 110 valence electrons. The van der Waals surface area contributed by atoms with E-state index >= 15 is 0 Å². The summed E-state index contributed by atoms with van der Waals surface area (Å²) in [4.78, 5) is 14.5. The maximum absolute atomic E-state index is 13.9. The molecule has 0 unspecified atom stereocenters. The standard InChI is InChI=1S/C16H23FN2O/c1-11(10-18-3)16(20)19(13-8-9-13)12(2)14-6-4-5-7-15(14)17/h4-7,11-13,18H,8-10H2,1-3H3/t11-,12+/m0/s1. The molecule has 3 nitrogen and oxygen atoms in total. The van der Waals surface area contributed by atoms with Crippen LogP contribution in [0.4, 0.5) is 4.39 Å². The van der Waals surface area contributed by atoms with Crippen LogP contribution in [-0.2, 0) is 4.79 Å². The van der Waals surface area contributed by atoms with Gasteiger partial charge < -0.3 is 10.2 Å². The fourth-order valence-corrected chi connectivity index (χ4v) is 2.65. The fourth-order valence-electron chi connectivity index (χ4n) is 2.65. The van der Waals surface area contributed by atoms with Crippen LogP contribution in [0.15, 0.2) is 24.3 Å². The molecule has 0 bridgehead atoms. The molecule has 0 saturated heterocycles. The quantitative estimate of drug-likeness (QED) is 0.868. The Hall–Kier alpha value is -1.42. The number of hydrogen-bond acceptors (Lipinski definition) is 2. The van der Waals surface area contributed by atoms with Crippen molar-refractivity contribution in [1.82, 2.24) is 10.2 Å². The lowest BCUT2D eigenvalue weighted by atomic mass is 10.0. The Morgan fingerprint density at radius 2 is 2.05 bits per heavy atom. The molecule has 2 atom stereocenters. The van der Waals surface area contributed by atoms with Gasteiger partial charge in [-0.25, -0.2) is 4.39 Å². The molecule has 1 amide bonds. The largest absolute Gasteiger partial charge is 0.333 e. The Labute approximate surface area is 120 Å². The highest BCUT2D eigenvalue weighted by molar-refractivity contribution is 5.80. The van der Waals surface area contributed by atoms with Crippen molar-refractivity contribution in [3.63, 3.8) is 0 Å². The summed E-state index contributed by atoms with van der Waals surface area (Å²) in [5, 5.41) is 3.03. The van der Waals surface area contributed by atoms with Gasteiger partial charge in [0.15, 0.2) is 0 Å². The van der Waals surface area contributed by atoms with Gasteiger partial charge in [-0.3, -0.25) is 4.79 Å². The van der Waals surface area contributed by atoms with Gasteiger partial charge in [-0.1, -0.05) is 25.1 Å². The summed E-state index contributed by atoms with van der Waals surface area (Å²) in [5.74, 6) is -0.216. The van der Waals surface area contributed by atoms with Crippen molar-refractivity contribution < 1.29 is 9.18 Å². The summed E-state index contributed by atoms with van der Waals surface area (Å²) in [7, 11) is 1.84. The lowest BCUT2D eigenvalue weighted by Crippen LogP contribution is -2.41. The summed E-state index contributed by atoms with van der Waals surface area (Å²) in [6.45, 7) is 4.48. The Bertz CT molecular complexity index is 473. The zero-order chi connectivity index (χ0) is 14.7. The second-order valence-corrected chi connectivity index (χ2v) is 5.63. The van der Waals surface area contributed by atoms with Crippen LogP contribution in [-0.4, -0.2) is 30.4 Å². The third-order valence-corrected chi connectivity index (χ3v) is 3.90. The van der Waals surface area contributed by atoms with Crippen LogP contribution in [0.5, 0.6) is 0 Å². The molecule has 1 aromatic rings. The normalized spacial score (nSPS) is 17.6. The van der Waals surface area contributed by atoms with E-state index in [9.17, 15) is 9.18 Å². The van der Waals surface area contributed by atoms with Crippen LogP contribution in [0.25, 0.3) is 0 Å². The molecule has 2 rings (SSSR count). The summed E-state index contributed by atoms with van der Waals surface area (Å²) < 4.78 is 13.9. The lowest BCUT2D eigenvalue weighted by molar-refractivity contribution is -0.137. The van der Waals surface area contributed by atoms with Crippen LogP contribution in [0.1, 0.15) is 38.3 Å². The van der Waals surface area contributed by atoms with Crippen molar-refractivity contribution in [2.24, 2.45) is 5.92 Å². The molecule has 0 aliphatic heterocycles. The second kappa shape index (κ2) is 6.35. The zero-order valence-corrected chi connectivity index (χ0v) is 12.4. The van der Waals surface area contributed by atoms with E-state index < -0.39 is 0 Å². The molecule has 0 aromatic heterocycles. The van der Waals surface area contributed by atoms with Crippen molar-refractivity contribution in [1.29, 1.82) is 0 Å². The third kappa shape index (κ3) is 3.18. The maximum atomic E-state index is 13.9. The van der Waals surface area contributed by atoms with Crippen LogP contribution in [0, 0.1) is 11.7 Å². The first-order valence-corrected chi connectivity index (χ1v) is 7.27. The van der Waals surface area contributed by atoms with Gasteiger partial charge in [0.05, 0.1) is 6.04 Å². The van der Waals surface area contributed by atoms with Gasteiger partial charge >= 0.3 is 0 Å². The second-order valence-electron chi connectivity index (χ2n) is 5.63. The Morgan fingerprint density at radius 3 is 2.60 bits per heavy atom. The molecule has 4 heteroatoms. The highest BCUT2D eigenvalue weighted by Crippen LogP contribution is 2.36. The third-order valence-electron chi connectivity index (χ3n) is 3.90. The average Bonchev–Trinajstić information content (AvgIpc) is 3.24. The fraction of sp³-hybridized carbons (Fsp3) is 0.562. The molecule has 0 heterocycles. The number of hydrogen-bond donors (Lipinski definition) is 1. The summed E-state index contributed by atoms with van der Waals surface area (Å²) >= 11 is 0. The van der Waals surface area contributed by atoms with E-state index in [1.54, 1.807) is 12.1 Å². The van der Waals surface area contributed by atoms with Crippen LogP contribution in [0.2, 0.25) is 0 Å². The van der Waals surface area contributed by atoms with Crippen molar-refractivity contribution in [3.8, 4) is 0 Å². The minimum absolute atomic E-state index is 0.0881. The predicted octanol–water partition coefficient (Wildman–Crippen LogP) is 2.73. The van der Waals surface area contributed by atoms with Gasteiger partial charge in [-0.15, -0.1) is 0 Å². The zero-order valence-electron chi connectivity index (χ0n) is 12.4. The van der Waals surface area contributed by atoms with Crippen molar-refractivity contribution in [2.45, 2.75) is 38.8 Å². The van der Waals surface area contributed by atoms with Crippen LogP contribution >= 0.6 is 0 Å². The van der Waals surface area contributed by atoms with Crippen molar-refractivity contribution in [2.75, 3.05) is 13.6 Å². The van der Waals surface area contributed by atoms with Crippen molar-refractivity contribution in [3.05, 3.63) is 35.6 Å². The predicted molar refractivity (Wildman–Crippen MR) is 77.8 cm³/mol. The summed E-state index contributed by atoms with van der Waals surface area (Å²) in [6, 6.07) is 6.79. The number of rotatable bonds is 6. The molecule has 1 N–H and O–H groups in total. The summed E-state index contributed by atoms with van der Waals surface area (Å²) in [5.41, 5.74) is 0.601. The van der Waals surface area contributed by atoms with Gasteiger partial charge in [0.2, 0.25) is 5.91 Å². The van der Waals surface area contributed by atoms with Gasteiger partial charge in [-0.05, 0) is 32.9 Å². The van der Waals surface area contributed by atoms with E-state index in [4.69, 9.17) is 0 Å². The Kier molecular flexibility index (Phi) is 4.76. The first-order chi connectivity index (χ1) is 9.56. The van der Waals surface area contributed by atoms with E-state index in [0.29, 0.717) is 12.1 Å². The number of amides is 1. The summed E-state index contributed by atoms with van der Waals surface area (Å²) in [6.07, 6.45) is 2.05. The number of halogens is 1. The molecular weight excluding hydrogens is 255 g/mol. The number of benzene rings is 1. The molecule has 1 fully saturated rings. The highest BCUT2D eigenvalue weighted by atomic mass is 19.1. The first-order valence-electron chi connectivity index (χ1n) is 7.27. The number of carbonyl (C=O) groups excluding carboxylic acids is 1. The van der Waals surface area contributed by atoms with Gasteiger partial charge in [-0.2, -0.15) is 0 Å². The van der Waals surface area contributed by atoms with E-state index in [1.165, 1.54) is 6.07 Å². The average molecular weight is 278 g/mol. The number of carbonyl (C=O) groups is 1. The molecule has 0 spiro atoms.